The largest absolute Gasteiger partial charge is 0.464 e. The molecule has 140 heavy (non-hydrogen) atoms. The number of hydrogen-bond donors (Lipinski definition) is 0. The number of thiophene rings is 1. The van der Waals surface area contributed by atoms with E-state index in [1.807, 2.05) is 183 Å². The maximum atomic E-state index is 5.12. The topological polar surface area (TPSA) is 13.1 Å². The van der Waals surface area contributed by atoms with E-state index in [4.69, 9.17) is 4.42 Å². The molecule has 11 saturated carbocycles. The van der Waals surface area contributed by atoms with Crippen LogP contribution in [0.15, 0.2) is 131 Å². The van der Waals surface area contributed by atoms with Crippen LogP contribution in [0.2, 0.25) is 0 Å². The molecule has 13 aliphatic rings. The summed E-state index contributed by atoms with van der Waals surface area (Å²) < 4.78 is 6.49. The lowest BCUT2D eigenvalue weighted by Gasteiger charge is -2.40. The molecule has 0 aliphatic heterocycles. The molecule has 1 nitrogen and oxygen atoms in total. The molecule has 6 aromatic rings. The van der Waals surface area contributed by atoms with Gasteiger partial charge in [-0.25, -0.2) is 0 Å². The van der Waals surface area contributed by atoms with Gasteiger partial charge < -0.3 is 4.42 Å². The molecule has 2 heteroatoms. The lowest BCUT2D eigenvalue weighted by Crippen LogP contribution is -2.28. The molecule has 0 radical (unpaired) electrons. The Morgan fingerprint density at radius 2 is 0.471 bits per heavy atom. The number of allylic oxidation sites excluding steroid dienone is 1. The molecule has 0 atom stereocenters. The van der Waals surface area contributed by atoms with Gasteiger partial charge in [0.2, 0.25) is 0 Å². The highest BCUT2D eigenvalue weighted by Crippen LogP contribution is 2.45. The van der Waals surface area contributed by atoms with Gasteiger partial charge in [0.15, 0.2) is 0 Å². The zero-order chi connectivity index (χ0) is 112. The molecule has 0 N–H and O–H groups in total. The third-order valence-corrected chi connectivity index (χ3v) is 19.6. The van der Waals surface area contributed by atoms with Gasteiger partial charge in [0, 0.05) is 10.1 Å². The van der Waals surface area contributed by atoms with Gasteiger partial charge in [-0.05, 0) is 203 Å². The molecule has 2 heterocycles. The molecular formula is C138H276OS. The van der Waals surface area contributed by atoms with Gasteiger partial charge in [0.1, 0.15) is 5.58 Å². The lowest BCUT2D eigenvalue weighted by molar-refractivity contribution is 0.116. The fourth-order valence-corrected chi connectivity index (χ4v) is 13.7. The van der Waals surface area contributed by atoms with Crippen molar-refractivity contribution in [1.29, 1.82) is 0 Å². The first-order valence-electron chi connectivity index (χ1n) is 61.5. The predicted molar refractivity (Wildman–Crippen MR) is 675 cm³/mol. The molecular weight excluding hydrogens is 1710 g/mol. The average molecular weight is 1980 g/mol. The highest BCUT2D eigenvalue weighted by atomic mass is 32.1. The van der Waals surface area contributed by atoms with Crippen molar-refractivity contribution in [2.75, 3.05) is 0 Å². The number of furan rings is 1. The van der Waals surface area contributed by atoms with Crippen LogP contribution in [0.3, 0.4) is 0 Å². The van der Waals surface area contributed by atoms with E-state index in [2.05, 4.69) is 318 Å². The van der Waals surface area contributed by atoms with Gasteiger partial charge >= 0.3 is 0 Å². The average Bonchev–Trinajstić information content (AvgIpc) is 1.53. The molecule has 0 saturated heterocycles. The number of fused-ring (bicyclic) bond motifs is 9. The number of benzene rings is 4. The molecule has 2 aromatic heterocycles. The number of hydrogen-bond acceptors (Lipinski definition) is 2. The smallest absolute Gasteiger partial charge is 0.133 e. The summed E-state index contributed by atoms with van der Waals surface area (Å²) in [6.45, 7) is 114. The van der Waals surface area contributed by atoms with Crippen molar-refractivity contribution >= 4 is 38.5 Å². The number of rotatable bonds is 1. The second-order valence-electron chi connectivity index (χ2n) is 42.8. The molecule has 13 aliphatic carbocycles. The summed E-state index contributed by atoms with van der Waals surface area (Å²) in [7, 11) is 0. The zero-order valence-corrected chi connectivity index (χ0v) is 108. The first kappa shape index (κ1) is 169. The van der Waals surface area contributed by atoms with E-state index in [1.54, 1.807) is 92.9 Å². The Kier molecular flexibility index (Phi) is 174. The van der Waals surface area contributed by atoms with Gasteiger partial charge in [-0.15, -0.1) is 11.3 Å². The fraction of sp³-hybridized carbons (Fsp3) is 0.783. The van der Waals surface area contributed by atoms with Crippen LogP contribution in [0.4, 0.5) is 0 Å². The van der Waals surface area contributed by atoms with E-state index in [0.717, 1.165) is 100 Å². The second kappa shape index (κ2) is 144. The van der Waals surface area contributed by atoms with E-state index in [-0.39, 0.29) is 0 Å². The van der Waals surface area contributed by atoms with Gasteiger partial charge in [0.25, 0.3) is 0 Å². The van der Waals surface area contributed by atoms with Crippen LogP contribution in [0.1, 0.15) is 621 Å². The van der Waals surface area contributed by atoms with Crippen molar-refractivity contribution in [2.45, 2.75) is 618 Å². The molecule has 0 amide bonds. The van der Waals surface area contributed by atoms with E-state index in [0.29, 0.717) is 0 Å². The summed E-state index contributed by atoms with van der Waals surface area (Å²) in [5, 5.41) is 4.63. The fourth-order valence-electron chi connectivity index (χ4n) is 12.9. The first-order chi connectivity index (χ1) is 66.9. The van der Waals surface area contributed by atoms with Crippen LogP contribution < -0.4 is 0 Å². The van der Waals surface area contributed by atoms with E-state index in [9.17, 15) is 0 Å². The summed E-state index contributed by atoms with van der Waals surface area (Å²) in [5.41, 5.74) is 6.93. The van der Waals surface area contributed by atoms with Crippen LogP contribution in [0, 0.1) is 94.7 Å². The minimum Gasteiger partial charge on any atom is -0.464 e. The van der Waals surface area contributed by atoms with Crippen molar-refractivity contribution in [3.8, 4) is 0 Å². The molecule has 4 bridgehead atoms. The Labute approximate surface area is 898 Å². The Hall–Kier alpha value is -3.88. The number of para-hydroxylation sites is 1. The second-order valence-corrected chi connectivity index (χ2v) is 43.7. The summed E-state index contributed by atoms with van der Waals surface area (Å²) in [6, 6.07) is 37.7. The Balaban J connectivity index is -0.0000000899. The first-order valence-corrected chi connectivity index (χ1v) is 62.4. The van der Waals surface area contributed by atoms with E-state index >= 15 is 0 Å². The summed E-state index contributed by atoms with van der Waals surface area (Å²) >= 11 is 1.79. The molecule has 0 unspecified atom stereocenters. The van der Waals surface area contributed by atoms with Gasteiger partial charge in [0.05, 0.1) is 6.26 Å². The minimum atomic E-state index is 0.833. The van der Waals surface area contributed by atoms with Crippen molar-refractivity contribution in [3.05, 3.63) is 149 Å². The lowest BCUT2D eigenvalue weighted by atomic mass is 9.65. The molecule has 840 valence electrons. The van der Waals surface area contributed by atoms with E-state index < -0.39 is 0 Å². The van der Waals surface area contributed by atoms with Crippen molar-refractivity contribution in [1.82, 2.24) is 0 Å². The van der Waals surface area contributed by atoms with Gasteiger partial charge in [-0.1, -0.05) is 664 Å². The third kappa shape index (κ3) is 162. The van der Waals surface area contributed by atoms with Crippen LogP contribution in [0.5, 0.6) is 0 Å². The highest BCUT2D eigenvalue weighted by Gasteiger charge is 2.32. The molecule has 0 spiro atoms. The standard InChI is InChI=1S/C9H10.C9H8.C8H6O.C8H6S.C8H14.C7H12.C7H14.C6H12.2C5H10.C4H8.10C4H10.11C2H6/c2*1-2-5-9-7-3-6-8(9)4-1;2*1-2-4-8-7(3-1)5-6-9-8;1-2-8-5-3-7(1)4-6-8;1-2-6-4-7(3-1)5-6;1-2-4-6-7-5-3-1;1-5(2)6-3-4-6;2*1-2-4-5-3-1;1-2-4-3-1;10*1-4(2)3;11*1-2/h1-2,4-5H,3,6-7H2;1-6H,7H2;2*1-6H;7-8H,1-6H2;6-7H,1-5H2;1-7H2;5-6H,3-4H2,1-2H3;2*1-5H2;1-4H2;10*4H,1-3H3;11*1-2H3. The summed E-state index contributed by atoms with van der Waals surface area (Å²) in [5.74, 6) is 15.1. The minimum absolute atomic E-state index is 0.833. The Morgan fingerprint density at radius 1 is 0.229 bits per heavy atom. The molecule has 4 aromatic carbocycles. The maximum Gasteiger partial charge on any atom is 0.133 e. The van der Waals surface area contributed by atoms with Crippen LogP contribution in [-0.2, 0) is 19.3 Å². The van der Waals surface area contributed by atoms with Gasteiger partial charge in [-0.3, -0.25) is 0 Å². The number of aryl methyl sites for hydroxylation is 2. The summed E-state index contributed by atoms with van der Waals surface area (Å²) in [4.78, 5) is 0. The monoisotopic (exact) mass is 1980 g/mol. The molecule has 11 fully saturated rings. The Morgan fingerprint density at radius 3 is 0.686 bits per heavy atom. The zero-order valence-electron chi connectivity index (χ0n) is 108. The van der Waals surface area contributed by atoms with Crippen LogP contribution in [0.25, 0.3) is 27.1 Å². The maximum absolute atomic E-state index is 5.12. The van der Waals surface area contributed by atoms with Gasteiger partial charge in [-0.2, -0.15) is 0 Å². The van der Waals surface area contributed by atoms with Crippen LogP contribution >= 0.6 is 11.3 Å². The highest BCUT2D eigenvalue weighted by molar-refractivity contribution is 7.17. The normalized spacial score (nSPS) is 15.8. The molecule has 19 rings (SSSR count). The van der Waals surface area contributed by atoms with Crippen LogP contribution in [-0.4, -0.2) is 0 Å². The predicted octanol–water partition coefficient (Wildman–Crippen LogP) is 52.7. The third-order valence-electron chi connectivity index (χ3n) is 18.7. The SMILES string of the molecule is C1=Cc2ccccc2C1.C1CC2CC(C1)C2.C1CC2CCC1CC2.C1CCC1.C1CCCC1.C1CCCC1.C1CCCCCC1.CC.CC.CC.CC.CC.CC.CC.CC.CC.CC.CC.CC(C)C.CC(C)C.CC(C)C.CC(C)C.CC(C)C.CC(C)C.CC(C)C.CC(C)C.CC(C)C.CC(C)C.CC(C)C1CC1.c1ccc2c(c1)CCC2.c1ccc2occc2c1.c1ccc2sccc2c1. The quantitative estimate of drug-likeness (QED) is 0.150. The van der Waals surface area contributed by atoms with Crippen molar-refractivity contribution < 1.29 is 4.42 Å². The summed E-state index contributed by atoms with van der Waals surface area (Å²) in [6.07, 6.45) is 62.8. The van der Waals surface area contributed by atoms with Crippen molar-refractivity contribution in [3.63, 3.8) is 0 Å². The van der Waals surface area contributed by atoms with Crippen molar-refractivity contribution in [2.24, 2.45) is 94.7 Å². The van der Waals surface area contributed by atoms with E-state index in [1.165, 1.54) is 206 Å². The Bertz CT molecular complexity index is 2570.